The molecule has 0 heterocycles. The summed E-state index contributed by atoms with van der Waals surface area (Å²) in [5.74, 6) is 0. The van der Waals surface area contributed by atoms with Crippen LogP contribution in [-0.4, -0.2) is 11.4 Å². The van der Waals surface area contributed by atoms with E-state index < -0.39 is 6.29 Å². The van der Waals surface area contributed by atoms with Gasteiger partial charge in [0.1, 0.15) is 0 Å². The average molecular weight is 116 g/mol. The normalized spacial score (nSPS) is 14.4. The third-order valence-corrected chi connectivity index (χ3v) is 0.607. The summed E-state index contributed by atoms with van der Waals surface area (Å²) in [5.41, 5.74) is 0. The van der Waals surface area contributed by atoms with Crippen LogP contribution in [0.3, 0.4) is 0 Å². The first kappa shape index (κ1) is 7.50. The Hall–Kier alpha value is -0.500. The highest BCUT2D eigenvalue weighted by molar-refractivity contribution is 4.70. The average Bonchev–Trinajstić information content (AvgIpc) is 1.66. The molecule has 1 unspecified atom stereocenters. The highest BCUT2D eigenvalue weighted by Crippen LogP contribution is 1.86. The predicted molar refractivity (Wildman–Crippen MR) is 32.2 cm³/mol. The van der Waals surface area contributed by atoms with Crippen LogP contribution in [0, 0.1) is 0 Å². The Morgan fingerprint density at radius 3 is 2.75 bits per heavy atom. The molecule has 0 aromatic carbocycles. The zero-order chi connectivity index (χ0) is 6.41. The van der Waals surface area contributed by atoms with Crippen LogP contribution in [-0.2, 0) is 4.74 Å². The van der Waals surface area contributed by atoms with Gasteiger partial charge in [0.25, 0.3) is 0 Å². The lowest BCUT2D eigenvalue weighted by atomic mass is 10.5. The summed E-state index contributed by atoms with van der Waals surface area (Å²) in [7, 11) is 0. The van der Waals surface area contributed by atoms with E-state index >= 15 is 0 Å². The SMILES string of the molecule is CCC=COC(C)O. The molecule has 0 saturated heterocycles. The molecule has 48 valence electrons. The van der Waals surface area contributed by atoms with Crippen molar-refractivity contribution in [2.45, 2.75) is 26.6 Å². The number of aliphatic hydroxyl groups excluding tert-OH is 1. The van der Waals surface area contributed by atoms with Gasteiger partial charge in [0.2, 0.25) is 0 Å². The molecule has 1 atom stereocenters. The van der Waals surface area contributed by atoms with E-state index in [1.54, 1.807) is 6.92 Å². The largest absolute Gasteiger partial charge is 0.473 e. The van der Waals surface area contributed by atoms with Crippen molar-refractivity contribution in [3.63, 3.8) is 0 Å². The molecule has 0 bridgehead atoms. The number of aliphatic hydroxyl groups is 1. The third-order valence-electron chi connectivity index (χ3n) is 0.607. The van der Waals surface area contributed by atoms with Crippen LogP contribution in [0.1, 0.15) is 20.3 Å². The van der Waals surface area contributed by atoms with E-state index in [2.05, 4.69) is 4.74 Å². The number of rotatable bonds is 3. The predicted octanol–water partition coefficient (Wildman–Crippen LogP) is 1.26. The Bertz CT molecular complexity index is 66.9. The van der Waals surface area contributed by atoms with Gasteiger partial charge in [-0.2, -0.15) is 0 Å². The van der Waals surface area contributed by atoms with Gasteiger partial charge in [-0.15, -0.1) is 0 Å². The molecule has 0 radical (unpaired) electrons. The second-order valence-electron chi connectivity index (χ2n) is 1.52. The zero-order valence-corrected chi connectivity index (χ0v) is 5.29. The van der Waals surface area contributed by atoms with Gasteiger partial charge < -0.3 is 9.84 Å². The fourth-order valence-corrected chi connectivity index (χ4v) is 0.265. The molecule has 8 heavy (non-hydrogen) atoms. The minimum absolute atomic E-state index is 0.683. The fourth-order valence-electron chi connectivity index (χ4n) is 0.265. The molecule has 0 fully saturated rings. The van der Waals surface area contributed by atoms with Gasteiger partial charge in [-0.1, -0.05) is 6.92 Å². The van der Waals surface area contributed by atoms with Crippen molar-refractivity contribution in [1.29, 1.82) is 0 Å². The summed E-state index contributed by atoms with van der Waals surface area (Å²) < 4.78 is 4.66. The number of hydrogen-bond donors (Lipinski definition) is 1. The topological polar surface area (TPSA) is 29.5 Å². The van der Waals surface area contributed by atoms with E-state index in [1.807, 2.05) is 13.0 Å². The quantitative estimate of drug-likeness (QED) is 0.444. The first-order valence-electron chi connectivity index (χ1n) is 2.76. The molecule has 0 aliphatic heterocycles. The van der Waals surface area contributed by atoms with Crippen LogP contribution >= 0.6 is 0 Å². The number of ether oxygens (including phenoxy) is 1. The van der Waals surface area contributed by atoms with E-state index in [4.69, 9.17) is 5.11 Å². The van der Waals surface area contributed by atoms with E-state index in [0.717, 1.165) is 6.42 Å². The van der Waals surface area contributed by atoms with E-state index in [1.165, 1.54) is 6.26 Å². The lowest BCUT2D eigenvalue weighted by Gasteiger charge is -2.00. The van der Waals surface area contributed by atoms with Gasteiger partial charge >= 0.3 is 0 Å². The minimum atomic E-state index is -0.683. The molecule has 0 rings (SSSR count). The van der Waals surface area contributed by atoms with Crippen LogP contribution in [0.4, 0.5) is 0 Å². The van der Waals surface area contributed by atoms with Gasteiger partial charge in [-0.05, 0) is 19.4 Å². The molecule has 0 aliphatic carbocycles. The maximum atomic E-state index is 8.51. The first-order valence-corrected chi connectivity index (χ1v) is 2.76. The van der Waals surface area contributed by atoms with Crippen molar-refractivity contribution in [1.82, 2.24) is 0 Å². The van der Waals surface area contributed by atoms with Crippen LogP contribution in [0.5, 0.6) is 0 Å². The van der Waals surface area contributed by atoms with Crippen molar-refractivity contribution in [2.24, 2.45) is 0 Å². The number of hydrogen-bond acceptors (Lipinski definition) is 2. The van der Waals surface area contributed by atoms with Gasteiger partial charge in [0, 0.05) is 0 Å². The molecule has 0 aliphatic rings. The van der Waals surface area contributed by atoms with Crippen LogP contribution in [0.2, 0.25) is 0 Å². The lowest BCUT2D eigenvalue weighted by molar-refractivity contribution is -0.0351. The molecule has 2 heteroatoms. The van der Waals surface area contributed by atoms with Crippen LogP contribution in [0.25, 0.3) is 0 Å². The summed E-state index contributed by atoms with van der Waals surface area (Å²) >= 11 is 0. The fraction of sp³-hybridized carbons (Fsp3) is 0.667. The smallest absolute Gasteiger partial charge is 0.193 e. The Morgan fingerprint density at radius 1 is 1.75 bits per heavy atom. The van der Waals surface area contributed by atoms with Crippen molar-refractivity contribution >= 4 is 0 Å². The molecular weight excluding hydrogens is 104 g/mol. The van der Waals surface area contributed by atoms with Gasteiger partial charge in [0.05, 0.1) is 6.26 Å². The Morgan fingerprint density at radius 2 is 2.38 bits per heavy atom. The Labute approximate surface area is 49.8 Å². The molecular formula is C6H12O2. The Balaban J connectivity index is 3.03. The second-order valence-corrected chi connectivity index (χ2v) is 1.52. The van der Waals surface area contributed by atoms with Crippen molar-refractivity contribution in [2.75, 3.05) is 0 Å². The standard InChI is InChI=1S/C6H12O2/c1-3-4-5-8-6(2)7/h4-7H,3H2,1-2H3. The van der Waals surface area contributed by atoms with Gasteiger partial charge in [0.15, 0.2) is 6.29 Å². The lowest BCUT2D eigenvalue weighted by Crippen LogP contribution is -1.99. The molecule has 0 spiro atoms. The maximum Gasteiger partial charge on any atom is 0.193 e. The monoisotopic (exact) mass is 116 g/mol. The molecule has 0 amide bonds. The summed E-state index contributed by atoms with van der Waals surface area (Å²) in [6.45, 7) is 3.57. The summed E-state index contributed by atoms with van der Waals surface area (Å²) in [6.07, 6.45) is 3.60. The highest BCUT2D eigenvalue weighted by Gasteiger charge is 1.84. The zero-order valence-electron chi connectivity index (χ0n) is 5.29. The summed E-state index contributed by atoms with van der Waals surface area (Å²) in [6, 6.07) is 0. The number of allylic oxidation sites excluding steroid dienone is 1. The van der Waals surface area contributed by atoms with E-state index in [0.29, 0.717) is 0 Å². The highest BCUT2D eigenvalue weighted by atomic mass is 16.6. The van der Waals surface area contributed by atoms with Gasteiger partial charge in [-0.25, -0.2) is 0 Å². The molecule has 0 aromatic heterocycles. The second kappa shape index (κ2) is 4.65. The first-order chi connectivity index (χ1) is 3.77. The van der Waals surface area contributed by atoms with E-state index in [9.17, 15) is 0 Å². The minimum Gasteiger partial charge on any atom is -0.473 e. The van der Waals surface area contributed by atoms with E-state index in [-0.39, 0.29) is 0 Å². The third kappa shape index (κ3) is 5.50. The maximum absolute atomic E-state index is 8.51. The Kier molecular flexibility index (Phi) is 4.36. The van der Waals surface area contributed by atoms with Crippen LogP contribution in [0.15, 0.2) is 12.3 Å². The van der Waals surface area contributed by atoms with Crippen molar-refractivity contribution in [3.8, 4) is 0 Å². The molecule has 0 aromatic rings. The molecule has 1 N–H and O–H groups in total. The van der Waals surface area contributed by atoms with Crippen molar-refractivity contribution in [3.05, 3.63) is 12.3 Å². The molecule has 2 nitrogen and oxygen atoms in total. The molecule has 0 saturated carbocycles. The van der Waals surface area contributed by atoms with Crippen LogP contribution < -0.4 is 0 Å². The summed E-state index contributed by atoms with van der Waals surface area (Å²) in [5, 5.41) is 8.51. The summed E-state index contributed by atoms with van der Waals surface area (Å²) in [4.78, 5) is 0. The van der Waals surface area contributed by atoms with Crippen molar-refractivity contribution < 1.29 is 9.84 Å². The van der Waals surface area contributed by atoms with Gasteiger partial charge in [-0.3, -0.25) is 0 Å².